The predicted octanol–water partition coefficient (Wildman–Crippen LogP) is 3.33. The highest BCUT2D eigenvalue weighted by atomic mass is 16.5. The number of ether oxygens (including phenoxy) is 4. The molecule has 0 radical (unpaired) electrons. The Morgan fingerprint density at radius 3 is 2.46 bits per heavy atom. The highest BCUT2D eigenvalue weighted by Gasteiger charge is 2.16. The van der Waals surface area contributed by atoms with Gasteiger partial charge < -0.3 is 29.0 Å². The number of hydrogen-bond donors (Lipinski definition) is 1. The van der Waals surface area contributed by atoms with Gasteiger partial charge in [0, 0.05) is 43.9 Å². The summed E-state index contributed by atoms with van der Waals surface area (Å²) in [5.74, 6) is 1.96. The standard InChI is InChI=1S/C27H35N3O5/c1-29(8-7-20-5-6-24(32-2)25(15-20)33-3)18-22(17-28)13-21-14-23(27(31)26(16-21)34-4)19-30-9-11-35-12-10-30/h5-6,13-16,31H,7-12,18-19H2,1-4H3. The van der Waals surface area contributed by atoms with Crippen LogP contribution in [0.2, 0.25) is 0 Å². The first-order valence-electron chi connectivity index (χ1n) is 11.7. The SMILES string of the molecule is COc1ccc(CCN(C)CC(C#N)=Cc2cc(CN3CCOCC3)c(O)c(OC)c2)cc1OC. The number of phenolic OH excluding ortho intramolecular Hbond substituents is 1. The van der Waals surface area contributed by atoms with E-state index in [0.29, 0.717) is 49.1 Å². The maximum Gasteiger partial charge on any atom is 0.162 e. The van der Waals surface area contributed by atoms with Crippen LogP contribution in [0.5, 0.6) is 23.0 Å². The molecule has 35 heavy (non-hydrogen) atoms. The van der Waals surface area contributed by atoms with Gasteiger partial charge in [0.05, 0.1) is 40.6 Å². The Kier molecular flexibility index (Phi) is 9.79. The normalized spacial score (nSPS) is 14.6. The monoisotopic (exact) mass is 481 g/mol. The lowest BCUT2D eigenvalue weighted by molar-refractivity contribution is 0.0338. The zero-order valence-electron chi connectivity index (χ0n) is 21.0. The molecule has 1 N–H and O–H groups in total. The van der Waals surface area contributed by atoms with Crippen LogP contribution in [0.3, 0.4) is 0 Å². The van der Waals surface area contributed by atoms with Crippen LogP contribution in [0.25, 0.3) is 6.08 Å². The molecule has 0 unspecified atom stereocenters. The molecule has 0 spiro atoms. The second kappa shape index (κ2) is 13.0. The van der Waals surface area contributed by atoms with Crippen molar-refractivity contribution in [2.45, 2.75) is 13.0 Å². The number of methoxy groups -OCH3 is 3. The Balaban J connectivity index is 1.69. The summed E-state index contributed by atoms with van der Waals surface area (Å²) in [5, 5.41) is 20.4. The summed E-state index contributed by atoms with van der Waals surface area (Å²) < 4.78 is 21.5. The van der Waals surface area contributed by atoms with E-state index in [1.165, 1.54) is 7.11 Å². The molecule has 8 heteroatoms. The van der Waals surface area contributed by atoms with E-state index in [2.05, 4.69) is 15.9 Å². The summed E-state index contributed by atoms with van der Waals surface area (Å²) in [4.78, 5) is 4.34. The molecular formula is C27H35N3O5. The maximum atomic E-state index is 10.6. The number of morpholine rings is 1. The topological polar surface area (TPSA) is 87.4 Å². The number of rotatable bonds is 11. The number of likely N-dealkylation sites (N-methyl/N-ethyl adjacent to an activating group) is 1. The Morgan fingerprint density at radius 1 is 1.09 bits per heavy atom. The van der Waals surface area contributed by atoms with Gasteiger partial charge in [-0.3, -0.25) is 4.90 Å². The summed E-state index contributed by atoms with van der Waals surface area (Å²) in [5.41, 5.74) is 3.36. The van der Waals surface area contributed by atoms with Gasteiger partial charge in [-0.05, 0) is 54.9 Å². The molecule has 8 nitrogen and oxygen atoms in total. The van der Waals surface area contributed by atoms with Crippen LogP contribution in [0, 0.1) is 11.3 Å². The van der Waals surface area contributed by atoms with Gasteiger partial charge >= 0.3 is 0 Å². The smallest absolute Gasteiger partial charge is 0.162 e. The molecule has 0 bridgehead atoms. The molecular weight excluding hydrogens is 446 g/mol. The molecule has 0 saturated carbocycles. The van der Waals surface area contributed by atoms with E-state index in [9.17, 15) is 10.4 Å². The minimum atomic E-state index is 0.140. The molecule has 1 fully saturated rings. The molecule has 3 rings (SSSR count). The second-order valence-corrected chi connectivity index (χ2v) is 8.58. The molecule has 1 saturated heterocycles. The molecule has 2 aromatic rings. The lowest BCUT2D eigenvalue weighted by Gasteiger charge is -2.27. The van der Waals surface area contributed by atoms with Crippen molar-refractivity contribution in [3.63, 3.8) is 0 Å². The van der Waals surface area contributed by atoms with Gasteiger partial charge in [0.2, 0.25) is 0 Å². The fourth-order valence-corrected chi connectivity index (χ4v) is 4.09. The van der Waals surface area contributed by atoms with Crippen molar-refractivity contribution in [2.75, 3.05) is 67.8 Å². The molecule has 0 aromatic heterocycles. The summed E-state index contributed by atoms with van der Waals surface area (Å²) in [6.45, 7) is 4.88. The number of phenols is 1. The largest absolute Gasteiger partial charge is 0.504 e. The number of nitriles is 1. The van der Waals surface area contributed by atoms with Crippen molar-refractivity contribution in [2.24, 2.45) is 0 Å². The van der Waals surface area contributed by atoms with Crippen LogP contribution in [0.15, 0.2) is 35.9 Å². The first-order chi connectivity index (χ1) is 17.0. The van der Waals surface area contributed by atoms with E-state index < -0.39 is 0 Å². The van der Waals surface area contributed by atoms with E-state index in [1.807, 2.05) is 37.4 Å². The van der Waals surface area contributed by atoms with E-state index in [1.54, 1.807) is 20.3 Å². The average molecular weight is 482 g/mol. The van der Waals surface area contributed by atoms with Crippen molar-refractivity contribution in [1.82, 2.24) is 9.80 Å². The fourth-order valence-electron chi connectivity index (χ4n) is 4.09. The average Bonchev–Trinajstić information content (AvgIpc) is 2.89. The van der Waals surface area contributed by atoms with Crippen molar-refractivity contribution in [3.8, 4) is 29.1 Å². The van der Waals surface area contributed by atoms with E-state index in [0.717, 1.165) is 42.7 Å². The molecule has 0 aliphatic carbocycles. The van der Waals surface area contributed by atoms with Gasteiger partial charge in [-0.25, -0.2) is 0 Å². The molecule has 2 aromatic carbocycles. The lowest BCUT2D eigenvalue weighted by atomic mass is 10.0. The van der Waals surface area contributed by atoms with Crippen molar-refractivity contribution in [3.05, 3.63) is 52.6 Å². The lowest BCUT2D eigenvalue weighted by Crippen LogP contribution is -2.35. The quantitative estimate of drug-likeness (QED) is 0.489. The van der Waals surface area contributed by atoms with Gasteiger partial charge in [-0.1, -0.05) is 6.07 Å². The Labute approximate surface area is 207 Å². The summed E-state index contributed by atoms with van der Waals surface area (Å²) in [7, 11) is 6.78. The van der Waals surface area contributed by atoms with Crippen LogP contribution < -0.4 is 14.2 Å². The van der Waals surface area contributed by atoms with Crippen LogP contribution >= 0.6 is 0 Å². The molecule has 1 aliphatic heterocycles. The number of benzene rings is 2. The maximum absolute atomic E-state index is 10.6. The van der Waals surface area contributed by atoms with E-state index >= 15 is 0 Å². The molecule has 0 atom stereocenters. The molecule has 188 valence electrons. The zero-order chi connectivity index (χ0) is 25.2. The highest BCUT2D eigenvalue weighted by molar-refractivity contribution is 5.63. The zero-order valence-corrected chi connectivity index (χ0v) is 21.0. The number of hydrogen-bond acceptors (Lipinski definition) is 8. The van der Waals surface area contributed by atoms with Gasteiger partial charge in [0.15, 0.2) is 23.0 Å². The Bertz CT molecular complexity index is 1060. The van der Waals surface area contributed by atoms with Crippen molar-refractivity contribution < 1.29 is 24.1 Å². The molecule has 1 heterocycles. The first-order valence-corrected chi connectivity index (χ1v) is 11.7. The van der Waals surface area contributed by atoms with Crippen LogP contribution in [-0.4, -0.2) is 82.7 Å². The summed E-state index contributed by atoms with van der Waals surface area (Å²) in [6.07, 6.45) is 2.67. The van der Waals surface area contributed by atoms with Gasteiger partial charge in [-0.15, -0.1) is 0 Å². The van der Waals surface area contributed by atoms with E-state index in [4.69, 9.17) is 18.9 Å². The Hall–Kier alpha value is -3.25. The molecule has 0 amide bonds. The second-order valence-electron chi connectivity index (χ2n) is 8.58. The third kappa shape index (κ3) is 7.36. The Morgan fingerprint density at radius 2 is 1.80 bits per heavy atom. The minimum absolute atomic E-state index is 0.140. The first kappa shape index (κ1) is 26.4. The van der Waals surface area contributed by atoms with Gasteiger partial charge in [0.1, 0.15) is 0 Å². The van der Waals surface area contributed by atoms with Crippen LogP contribution in [0.4, 0.5) is 0 Å². The fraction of sp³-hybridized carbons (Fsp3) is 0.444. The molecule has 1 aliphatic rings. The number of nitrogens with zero attached hydrogens (tertiary/aromatic N) is 3. The third-order valence-electron chi connectivity index (χ3n) is 6.05. The van der Waals surface area contributed by atoms with Crippen molar-refractivity contribution in [1.29, 1.82) is 5.26 Å². The summed E-state index contributed by atoms with van der Waals surface area (Å²) >= 11 is 0. The van der Waals surface area contributed by atoms with Crippen molar-refractivity contribution >= 4 is 6.08 Å². The third-order valence-corrected chi connectivity index (χ3v) is 6.05. The van der Waals surface area contributed by atoms with E-state index in [-0.39, 0.29) is 5.75 Å². The summed E-state index contributed by atoms with van der Waals surface area (Å²) in [6, 6.07) is 11.9. The minimum Gasteiger partial charge on any atom is -0.504 e. The number of aromatic hydroxyl groups is 1. The predicted molar refractivity (Wildman–Crippen MR) is 135 cm³/mol. The van der Waals surface area contributed by atoms with Crippen LogP contribution in [-0.2, 0) is 17.7 Å². The van der Waals surface area contributed by atoms with Crippen LogP contribution in [0.1, 0.15) is 16.7 Å². The van der Waals surface area contributed by atoms with Gasteiger partial charge in [-0.2, -0.15) is 5.26 Å². The highest BCUT2D eigenvalue weighted by Crippen LogP contribution is 2.33. The van der Waals surface area contributed by atoms with Gasteiger partial charge in [0.25, 0.3) is 0 Å².